The molecule has 3 rings (SSSR count). The molecule has 32 heavy (non-hydrogen) atoms. The maximum absolute atomic E-state index is 13.0. The van der Waals surface area contributed by atoms with Crippen LogP contribution in [0.2, 0.25) is 0 Å². The van der Waals surface area contributed by atoms with Gasteiger partial charge in [0.2, 0.25) is 5.88 Å². The van der Waals surface area contributed by atoms with Crippen LogP contribution in [0.4, 0.5) is 10.6 Å². The van der Waals surface area contributed by atoms with E-state index in [9.17, 15) is 9.90 Å². The number of hydrogen-bond donors (Lipinski definition) is 3. The normalized spacial score (nSPS) is 22.6. The highest BCUT2D eigenvalue weighted by Crippen LogP contribution is 2.33. The standard InChI is InChI=1S/C25H32N4O3/c1-17-12-8-6-11-15-20(21(30)16-25(17,3)4)26-24(31)27-22-18(2)23(32-5)28-29(22)19-13-9-7-10-14-19/h6-14,20-21,30H,1,15-16H2,2-5H3,(H2,26,27,31)/b11-6-,12-8-/t20-,21-/m1/s1. The zero-order chi connectivity index (χ0) is 23.3. The third-order valence-corrected chi connectivity index (χ3v) is 5.81. The number of nitrogens with one attached hydrogen (secondary N) is 2. The van der Waals surface area contributed by atoms with Gasteiger partial charge in [-0.15, -0.1) is 5.10 Å². The van der Waals surface area contributed by atoms with Crippen LogP contribution in [-0.2, 0) is 0 Å². The Labute approximate surface area is 189 Å². The zero-order valence-corrected chi connectivity index (χ0v) is 19.1. The van der Waals surface area contributed by atoms with Gasteiger partial charge in [-0.1, -0.05) is 62.9 Å². The second-order valence-corrected chi connectivity index (χ2v) is 8.64. The van der Waals surface area contributed by atoms with Crippen LogP contribution in [-0.4, -0.2) is 40.2 Å². The second-order valence-electron chi connectivity index (χ2n) is 8.64. The Hall–Kier alpha value is -3.32. The van der Waals surface area contributed by atoms with Gasteiger partial charge in [0.05, 0.1) is 30.5 Å². The van der Waals surface area contributed by atoms with Crippen molar-refractivity contribution >= 4 is 11.8 Å². The van der Waals surface area contributed by atoms with E-state index in [1.165, 1.54) is 0 Å². The Morgan fingerprint density at radius 3 is 2.69 bits per heavy atom. The number of nitrogens with zero attached hydrogens (tertiary/aromatic N) is 2. The van der Waals surface area contributed by atoms with Gasteiger partial charge in [0.25, 0.3) is 0 Å². The van der Waals surface area contributed by atoms with E-state index in [0.29, 0.717) is 30.1 Å². The van der Waals surface area contributed by atoms with Gasteiger partial charge in [-0.25, -0.2) is 9.48 Å². The van der Waals surface area contributed by atoms with Gasteiger partial charge in [0.15, 0.2) is 0 Å². The van der Waals surface area contributed by atoms with Crippen LogP contribution < -0.4 is 15.4 Å². The molecule has 0 saturated carbocycles. The van der Waals surface area contributed by atoms with E-state index in [1.807, 2.05) is 75.4 Å². The van der Waals surface area contributed by atoms with Gasteiger partial charge >= 0.3 is 6.03 Å². The monoisotopic (exact) mass is 436 g/mol. The number of urea groups is 1. The number of para-hydroxylation sites is 1. The van der Waals surface area contributed by atoms with Crippen molar-refractivity contribution in [1.29, 1.82) is 0 Å². The third kappa shape index (κ3) is 5.29. The highest BCUT2D eigenvalue weighted by molar-refractivity contribution is 5.90. The Morgan fingerprint density at radius 1 is 1.28 bits per heavy atom. The van der Waals surface area contributed by atoms with Crippen molar-refractivity contribution in [1.82, 2.24) is 15.1 Å². The van der Waals surface area contributed by atoms with Crippen molar-refractivity contribution < 1.29 is 14.6 Å². The van der Waals surface area contributed by atoms with E-state index >= 15 is 0 Å². The summed E-state index contributed by atoms with van der Waals surface area (Å²) in [5.74, 6) is 0.935. The second kappa shape index (κ2) is 9.87. The van der Waals surface area contributed by atoms with Crippen LogP contribution in [0.25, 0.3) is 5.69 Å². The fraction of sp³-hybridized carbons (Fsp3) is 0.360. The molecule has 0 radical (unpaired) electrons. The molecule has 1 aliphatic carbocycles. The number of aliphatic hydroxyl groups excluding tert-OH is 1. The first-order valence-electron chi connectivity index (χ1n) is 10.7. The third-order valence-electron chi connectivity index (χ3n) is 5.81. The molecule has 170 valence electrons. The summed E-state index contributed by atoms with van der Waals surface area (Å²) in [4.78, 5) is 13.0. The summed E-state index contributed by atoms with van der Waals surface area (Å²) in [6.07, 6.45) is 7.98. The predicted molar refractivity (Wildman–Crippen MR) is 127 cm³/mol. The van der Waals surface area contributed by atoms with Crippen LogP contribution in [0.1, 0.15) is 32.3 Å². The lowest BCUT2D eigenvalue weighted by Crippen LogP contribution is -2.46. The summed E-state index contributed by atoms with van der Waals surface area (Å²) in [7, 11) is 1.54. The van der Waals surface area contributed by atoms with Crippen molar-refractivity contribution in [2.45, 2.75) is 45.8 Å². The fourth-order valence-corrected chi connectivity index (χ4v) is 3.69. The molecule has 0 fully saturated rings. The number of ether oxygens (including phenoxy) is 1. The minimum absolute atomic E-state index is 0.298. The first-order valence-corrected chi connectivity index (χ1v) is 10.7. The summed E-state index contributed by atoms with van der Waals surface area (Å²) in [5, 5.41) is 21.2. The molecular weight excluding hydrogens is 404 g/mol. The van der Waals surface area contributed by atoms with E-state index in [-0.39, 0.29) is 5.41 Å². The van der Waals surface area contributed by atoms with Gasteiger partial charge in [-0.05, 0) is 42.9 Å². The minimum Gasteiger partial charge on any atom is -0.480 e. The van der Waals surface area contributed by atoms with Crippen molar-refractivity contribution in [2.75, 3.05) is 12.4 Å². The van der Waals surface area contributed by atoms with Gasteiger partial charge < -0.3 is 15.2 Å². The maximum atomic E-state index is 13.0. The van der Waals surface area contributed by atoms with E-state index < -0.39 is 18.2 Å². The Morgan fingerprint density at radius 2 is 2.00 bits per heavy atom. The Kier molecular flexibility index (Phi) is 7.20. The molecule has 7 nitrogen and oxygen atoms in total. The van der Waals surface area contributed by atoms with Crippen LogP contribution in [0.15, 0.2) is 66.8 Å². The summed E-state index contributed by atoms with van der Waals surface area (Å²) in [6.45, 7) is 10.0. The molecule has 1 aliphatic rings. The van der Waals surface area contributed by atoms with Crippen molar-refractivity contribution in [2.24, 2.45) is 5.41 Å². The maximum Gasteiger partial charge on any atom is 0.320 e. The number of aliphatic hydroxyl groups is 1. The molecule has 1 aromatic heterocycles. The molecule has 0 unspecified atom stereocenters. The SMILES string of the molecule is C=C1/C=C\C=C/C[C@@H](NC(=O)Nc2c(C)c(OC)nn2-c2ccccc2)[C@H](O)CC1(C)C. The van der Waals surface area contributed by atoms with E-state index in [4.69, 9.17) is 4.74 Å². The minimum atomic E-state index is -0.738. The molecule has 0 aliphatic heterocycles. The predicted octanol–water partition coefficient (Wildman–Crippen LogP) is 4.53. The Balaban J connectivity index is 1.82. The highest BCUT2D eigenvalue weighted by Gasteiger charge is 2.30. The smallest absolute Gasteiger partial charge is 0.320 e. The lowest BCUT2D eigenvalue weighted by Gasteiger charge is -2.32. The average Bonchev–Trinajstić information content (AvgIpc) is 3.07. The molecule has 7 heteroatoms. The van der Waals surface area contributed by atoms with E-state index in [1.54, 1.807) is 11.8 Å². The van der Waals surface area contributed by atoms with E-state index in [2.05, 4.69) is 22.3 Å². The van der Waals surface area contributed by atoms with E-state index in [0.717, 1.165) is 11.3 Å². The highest BCUT2D eigenvalue weighted by atomic mass is 16.5. The lowest BCUT2D eigenvalue weighted by atomic mass is 9.78. The number of methoxy groups -OCH3 is 1. The largest absolute Gasteiger partial charge is 0.480 e. The van der Waals surface area contributed by atoms with Gasteiger partial charge in [-0.3, -0.25) is 5.32 Å². The van der Waals surface area contributed by atoms with Crippen molar-refractivity contribution in [3.05, 3.63) is 72.4 Å². The molecule has 0 bridgehead atoms. The average molecular weight is 437 g/mol. The number of anilines is 1. The molecule has 2 aromatic rings. The molecule has 1 aromatic carbocycles. The summed E-state index contributed by atoms with van der Waals surface area (Å²) < 4.78 is 6.99. The summed E-state index contributed by atoms with van der Waals surface area (Å²) in [6, 6.07) is 8.62. The zero-order valence-electron chi connectivity index (χ0n) is 19.1. The first-order chi connectivity index (χ1) is 15.2. The number of aromatic nitrogens is 2. The van der Waals surface area contributed by atoms with Crippen LogP contribution in [0.5, 0.6) is 5.88 Å². The quantitative estimate of drug-likeness (QED) is 0.657. The molecule has 0 spiro atoms. The van der Waals surface area contributed by atoms with Crippen LogP contribution in [0, 0.1) is 12.3 Å². The van der Waals surface area contributed by atoms with Crippen LogP contribution in [0.3, 0.4) is 0 Å². The van der Waals surface area contributed by atoms with Gasteiger partial charge in [0.1, 0.15) is 5.82 Å². The first kappa shape index (κ1) is 23.3. The number of allylic oxidation sites excluding steroid dienone is 4. The van der Waals surface area contributed by atoms with Crippen molar-refractivity contribution in [3.8, 4) is 11.6 Å². The van der Waals surface area contributed by atoms with Crippen LogP contribution >= 0.6 is 0 Å². The topological polar surface area (TPSA) is 88.4 Å². The number of amides is 2. The molecule has 3 N–H and O–H groups in total. The lowest BCUT2D eigenvalue weighted by molar-refractivity contribution is 0.0929. The summed E-state index contributed by atoms with van der Waals surface area (Å²) in [5.41, 5.74) is 2.14. The molecule has 1 heterocycles. The number of carbonyl (C=O) groups is 1. The fourth-order valence-electron chi connectivity index (χ4n) is 3.69. The molecule has 0 saturated heterocycles. The van der Waals surface area contributed by atoms with Crippen molar-refractivity contribution in [3.63, 3.8) is 0 Å². The number of hydrogen-bond acceptors (Lipinski definition) is 4. The molecular formula is C25H32N4O3. The van der Waals surface area contributed by atoms with Gasteiger partial charge in [-0.2, -0.15) is 0 Å². The van der Waals surface area contributed by atoms with Gasteiger partial charge in [0, 0.05) is 0 Å². The number of rotatable bonds is 4. The molecule has 2 atom stereocenters. The number of carbonyl (C=O) groups excluding carboxylic acids is 1. The number of benzene rings is 1. The molecule has 2 amide bonds. The summed E-state index contributed by atoms with van der Waals surface area (Å²) >= 11 is 0. The Bertz CT molecular complexity index is 1020.